The number of Topliss-reactive ketones (excluding diaryl/α,β-unsaturated/α-hetero) is 1. The van der Waals surface area contributed by atoms with Gasteiger partial charge in [-0.25, -0.2) is 9.59 Å². The van der Waals surface area contributed by atoms with Gasteiger partial charge in [-0.3, -0.25) is 4.79 Å². The number of rotatable bonds is 6. The van der Waals surface area contributed by atoms with Crippen molar-refractivity contribution in [1.82, 2.24) is 0 Å². The van der Waals surface area contributed by atoms with Gasteiger partial charge in [0, 0.05) is 29.4 Å². The van der Waals surface area contributed by atoms with E-state index in [0.29, 0.717) is 12.0 Å². The zero-order valence-corrected chi connectivity index (χ0v) is 25.9. The number of carboxylic acid groups (broad SMARTS) is 1. The van der Waals surface area contributed by atoms with E-state index in [4.69, 9.17) is 23.4 Å². The van der Waals surface area contributed by atoms with Crippen LogP contribution in [0.25, 0.3) is 0 Å². The number of aliphatic hydroxyl groups is 4. The van der Waals surface area contributed by atoms with Crippen molar-refractivity contribution in [2.75, 3.05) is 6.61 Å². The summed E-state index contributed by atoms with van der Waals surface area (Å²) in [6.07, 6.45) is -3.67. The van der Waals surface area contributed by atoms with Crippen LogP contribution in [-0.2, 0) is 33.3 Å². The number of carbonyl (C=O) groups is 3. The first-order chi connectivity index (χ1) is 21.0. The average molecular weight is 635 g/mol. The zero-order chi connectivity index (χ0) is 32.9. The molecule has 4 heterocycles. The Morgan fingerprint density at radius 3 is 2.38 bits per heavy atom. The van der Waals surface area contributed by atoms with E-state index in [0.717, 1.165) is 0 Å². The molecule has 0 bridgehead atoms. The fourth-order valence-electron chi connectivity index (χ4n) is 9.67. The van der Waals surface area contributed by atoms with Crippen LogP contribution in [0.15, 0.2) is 35.2 Å². The largest absolute Gasteiger partial charge is 0.479 e. The molecule has 2 saturated carbocycles. The predicted octanol–water partition coefficient (Wildman–Crippen LogP) is 1.27. The quantitative estimate of drug-likeness (QED) is 0.221. The summed E-state index contributed by atoms with van der Waals surface area (Å²) in [5.74, 6) is -2.84. The molecule has 5 N–H and O–H groups in total. The van der Waals surface area contributed by atoms with E-state index in [1.54, 1.807) is 39.8 Å². The molecule has 6 rings (SSSR count). The normalized spacial score (nSPS) is 47.8. The Bertz CT molecular complexity index is 1390. The van der Waals surface area contributed by atoms with E-state index in [1.807, 2.05) is 6.92 Å². The summed E-state index contributed by atoms with van der Waals surface area (Å²) >= 11 is 0. The number of fused-ring (bicyclic) bond motifs is 4. The summed E-state index contributed by atoms with van der Waals surface area (Å²) in [5, 5.41) is 51.9. The molecular formula is C32H42O13. The van der Waals surface area contributed by atoms with Crippen molar-refractivity contribution in [3.8, 4) is 0 Å². The van der Waals surface area contributed by atoms with Crippen molar-refractivity contribution >= 4 is 17.7 Å². The summed E-state index contributed by atoms with van der Waals surface area (Å²) in [4.78, 5) is 40.0. The van der Waals surface area contributed by atoms with Crippen molar-refractivity contribution in [2.45, 2.75) is 108 Å². The summed E-state index contributed by atoms with van der Waals surface area (Å²) in [5.41, 5.74) is -5.57. The van der Waals surface area contributed by atoms with Gasteiger partial charge in [-0.15, -0.1) is 0 Å². The molecule has 5 aliphatic rings. The fourth-order valence-corrected chi connectivity index (χ4v) is 9.67. The SMILES string of the molecule is CC1(C)OC(=O)C=C[C@]2(C)[C@H]3CC[C@@](C)([C@@H](O[C@@H]4O[C@H](CO)[C@@H](O)[C@H](O)[C@H]4O)c4ccoc4)[C@@]4(O[C@H]4C(=O)O)[C@]3(C)C(=O)C[C@@H]12. The molecule has 248 valence electrons. The smallest absolute Gasteiger partial charge is 0.335 e. The average Bonchev–Trinajstić information content (AvgIpc) is 3.56. The zero-order valence-electron chi connectivity index (χ0n) is 25.9. The predicted molar refractivity (Wildman–Crippen MR) is 151 cm³/mol. The Balaban J connectivity index is 1.48. The molecule has 2 aliphatic carbocycles. The van der Waals surface area contributed by atoms with Gasteiger partial charge in [-0.05, 0) is 51.0 Å². The summed E-state index contributed by atoms with van der Waals surface area (Å²) in [6, 6.07) is 1.61. The van der Waals surface area contributed by atoms with Crippen molar-refractivity contribution in [3.63, 3.8) is 0 Å². The summed E-state index contributed by atoms with van der Waals surface area (Å²) < 4.78 is 29.5. The molecule has 1 spiro atoms. The van der Waals surface area contributed by atoms with E-state index in [2.05, 4.69) is 0 Å². The molecule has 0 unspecified atom stereocenters. The second-order valence-corrected chi connectivity index (χ2v) is 14.5. The number of epoxide rings is 1. The number of ether oxygens (including phenoxy) is 4. The molecule has 2 saturated heterocycles. The number of aliphatic carboxylic acids is 1. The molecule has 45 heavy (non-hydrogen) atoms. The number of allylic oxidation sites excluding steroid dienone is 1. The highest BCUT2D eigenvalue weighted by atomic mass is 16.7. The lowest BCUT2D eigenvalue weighted by atomic mass is 9.38. The number of furan rings is 1. The van der Waals surface area contributed by atoms with Crippen LogP contribution in [0.1, 0.15) is 65.5 Å². The topological polar surface area (TPSA) is 206 Å². The molecule has 1 aromatic rings. The third kappa shape index (κ3) is 4.28. The number of esters is 1. The van der Waals surface area contributed by atoms with Gasteiger partial charge in [0.05, 0.1) is 30.7 Å². The van der Waals surface area contributed by atoms with E-state index in [-0.39, 0.29) is 18.6 Å². The minimum absolute atomic E-state index is 0.00555. The second kappa shape index (κ2) is 10.4. The number of carbonyl (C=O) groups excluding carboxylic acids is 2. The number of hydrogen-bond acceptors (Lipinski definition) is 12. The monoisotopic (exact) mass is 634 g/mol. The Morgan fingerprint density at radius 1 is 1.07 bits per heavy atom. The van der Waals surface area contributed by atoms with Crippen LogP contribution in [-0.4, -0.2) is 97.9 Å². The lowest BCUT2D eigenvalue weighted by Crippen LogP contribution is -2.70. The number of ketones is 1. The number of aliphatic hydroxyl groups excluding tert-OH is 4. The summed E-state index contributed by atoms with van der Waals surface area (Å²) in [7, 11) is 0. The van der Waals surface area contributed by atoms with Gasteiger partial charge in [0.25, 0.3) is 0 Å². The van der Waals surface area contributed by atoms with Gasteiger partial charge in [-0.2, -0.15) is 0 Å². The van der Waals surface area contributed by atoms with Crippen molar-refractivity contribution in [2.24, 2.45) is 28.1 Å². The Labute approximate surface area is 260 Å². The van der Waals surface area contributed by atoms with Gasteiger partial charge in [0.15, 0.2) is 12.4 Å². The highest BCUT2D eigenvalue weighted by molar-refractivity contribution is 5.92. The fraction of sp³-hybridized carbons (Fsp3) is 0.719. The van der Waals surface area contributed by atoms with Gasteiger partial charge in [-0.1, -0.05) is 19.9 Å². The lowest BCUT2D eigenvalue weighted by molar-refractivity contribution is -0.328. The third-order valence-electron chi connectivity index (χ3n) is 11.9. The van der Waals surface area contributed by atoms with Crippen molar-refractivity contribution < 1.29 is 63.3 Å². The molecule has 13 atom stereocenters. The molecular weight excluding hydrogens is 592 g/mol. The van der Waals surface area contributed by atoms with E-state index >= 15 is 0 Å². The summed E-state index contributed by atoms with van der Waals surface area (Å²) in [6.45, 7) is 8.42. The van der Waals surface area contributed by atoms with Crippen LogP contribution < -0.4 is 0 Å². The first-order valence-electron chi connectivity index (χ1n) is 15.3. The minimum atomic E-state index is -1.73. The maximum Gasteiger partial charge on any atom is 0.335 e. The number of cyclic esters (lactones) is 1. The van der Waals surface area contributed by atoms with Crippen LogP contribution in [0.4, 0.5) is 0 Å². The van der Waals surface area contributed by atoms with Gasteiger partial charge in [0.2, 0.25) is 0 Å². The van der Waals surface area contributed by atoms with Crippen LogP contribution >= 0.6 is 0 Å². The molecule has 1 aromatic heterocycles. The van der Waals surface area contributed by atoms with Crippen LogP contribution in [0, 0.1) is 28.1 Å². The minimum Gasteiger partial charge on any atom is -0.479 e. The first kappa shape index (κ1) is 32.3. The van der Waals surface area contributed by atoms with E-state index in [9.17, 15) is 39.9 Å². The maximum atomic E-state index is 14.6. The Kier molecular flexibility index (Phi) is 7.48. The van der Waals surface area contributed by atoms with Gasteiger partial charge >= 0.3 is 11.9 Å². The molecule has 0 amide bonds. The molecule has 4 fully saturated rings. The van der Waals surface area contributed by atoms with Gasteiger partial charge < -0.3 is 48.9 Å². The standard InChI is InChI=1S/C32H42O13/c1-28(2)18-12-19(34)31(5)17(29(18,3)9-7-20(35)44-28)6-10-30(4,32(31)25(45-32)26(39)40)24(15-8-11-41-14-15)43-27-23(38)22(37)21(36)16(13-33)42-27/h7-9,11,14,16-18,21-25,27,33,36-38H,6,10,12-13H2,1-5H3,(H,39,40)/t16-,17-,18+,21-,22+,23-,24+,25+,27+,29-,30+,31+,32-/m1/s1. The molecule has 13 heteroatoms. The highest BCUT2D eigenvalue weighted by Gasteiger charge is 2.86. The molecule has 0 aromatic carbocycles. The number of carboxylic acids is 1. The van der Waals surface area contributed by atoms with Crippen molar-refractivity contribution in [3.05, 3.63) is 36.3 Å². The van der Waals surface area contributed by atoms with E-state index < -0.39 is 101 Å². The van der Waals surface area contributed by atoms with Crippen molar-refractivity contribution in [1.29, 1.82) is 0 Å². The highest BCUT2D eigenvalue weighted by Crippen LogP contribution is 2.77. The molecule has 0 radical (unpaired) electrons. The Hall–Kier alpha value is -2.65. The van der Waals surface area contributed by atoms with E-state index in [1.165, 1.54) is 18.6 Å². The molecule has 3 aliphatic heterocycles. The Morgan fingerprint density at radius 2 is 1.78 bits per heavy atom. The van der Waals surface area contributed by atoms with Crippen LogP contribution in [0.5, 0.6) is 0 Å². The number of hydrogen-bond donors (Lipinski definition) is 5. The van der Waals surface area contributed by atoms with Gasteiger partial charge in [0.1, 0.15) is 41.4 Å². The second-order valence-electron chi connectivity index (χ2n) is 14.5. The lowest BCUT2D eigenvalue weighted by Gasteiger charge is -2.64. The third-order valence-corrected chi connectivity index (χ3v) is 11.9. The maximum absolute atomic E-state index is 14.6. The molecule has 13 nitrogen and oxygen atoms in total. The first-order valence-corrected chi connectivity index (χ1v) is 15.3. The van der Waals surface area contributed by atoms with Crippen LogP contribution in [0.3, 0.4) is 0 Å². The van der Waals surface area contributed by atoms with Crippen LogP contribution in [0.2, 0.25) is 0 Å².